The van der Waals surface area contributed by atoms with Gasteiger partial charge in [-0.05, 0) is 25.1 Å². The van der Waals surface area contributed by atoms with E-state index in [4.69, 9.17) is 10.5 Å². The Bertz CT molecular complexity index is 1430. The molecule has 0 spiro atoms. The molecule has 1 aliphatic heterocycles. The Morgan fingerprint density at radius 1 is 1.11 bits per heavy atom. The summed E-state index contributed by atoms with van der Waals surface area (Å²) in [6.07, 6.45) is 4.29. The third kappa shape index (κ3) is 4.63. The van der Waals surface area contributed by atoms with E-state index in [9.17, 15) is 14.4 Å². The molecule has 36 heavy (non-hydrogen) atoms. The lowest BCUT2D eigenvalue weighted by Gasteiger charge is -2.34. The first kappa shape index (κ1) is 24.5. The minimum atomic E-state index is -0.727. The molecule has 1 aromatic carbocycles. The summed E-state index contributed by atoms with van der Waals surface area (Å²) in [5, 5.41) is 4.84. The third-order valence-electron chi connectivity index (χ3n) is 5.95. The third-order valence-corrected chi connectivity index (χ3v) is 5.95. The molecule has 1 aliphatic rings. The number of rotatable bonds is 6. The van der Waals surface area contributed by atoms with Crippen LogP contribution in [0.5, 0.6) is 0 Å². The lowest BCUT2D eigenvalue weighted by Crippen LogP contribution is -2.52. The van der Waals surface area contributed by atoms with Gasteiger partial charge in [-0.2, -0.15) is 5.10 Å². The predicted molar refractivity (Wildman–Crippen MR) is 132 cm³/mol. The molecule has 0 saturated carbocycles. The Labute approximate surface area is 207 Å². The number of carbonyl (C=O) groups excluding carboxylic acids is 3. The number of methoxy groups -OCH3 is 1. The Kier molecular flexibility index (Phi) is 7.00. The Morgan fingerprint density at radius 3 is 2.36 bits per heavy atom. The molecule has 3 aromatic rings. The fraction of sp³-hybridized carbons (Fsp3) is 0.240. The number of amides is 2. The van der Waals surface area contributed by atoms with Gasteiger partial charge < -0.3 is 25.3 Å². The van der Waals surface area contributed by atoms with Crippen molar-refractivity contribution < 1.29 is 19.1 Å². The molecule has 3 N–H and O–H groups in total. The summed E-state index contributed by atoms with van der Waals surface area (Å²) in [4.78, 5) is 49.4. The number of nitrogens with one attached hydrogen (secondary N) is 1. The Morgan fingerprint density at radius 2 is 1.78 bits per heavy atom. The van der Waals surface area contributed by atoms with Crippen LogP contribution in [0.1, 0.15) is 26.5 Å². The number of aromatic nitrogens is 4. The van der Waals surface area contributed by atoms with E-state index in [2.05, 4.69) is 21.6 Å². The van der Waals surface area contributed by atoms with E-state index in [1.807, 2.05) is 6.07 Å². The highest BCUT2D eigenvalue weighted by atomic mass is 16.5. The smallest absolute Gasteiger partial charge is 0.295 e. The number of ketones is 1. The van der Waals surface area contributed by atoms with Gasteiger partial charge in [0.1, 0.15) is 17.9 Å². The van der Waals surface area contributed by atoms with Gasteiger partial charge in [0.25, 0.3) is 17.6 Å². The van der Waals surface area contributed by atoms with Gasteiger partial charge in [0.2, 0.25) is 0 Å². The van der Waals surface area contributed by atoms with E-state index < -0.39 is 11.7 Å². The summed E-state index contributed by atoms with van der Waals surface area (Å²) in [6.45, 7) is 6.60. The number of piperazine rings is 1. The van der Waals surface area contributed by atoms with Crippen molar-refractivity contribution in [3.63, 3.8) is 0 Å². The minimum Gasteiger partial charge on any atom is -0.496 e. The molecule has 0 aliphatic carbocycles. The zero-order chi connectivity index (χ0) is 25.8. The number of ether oxygens (including phenoxy) is 1. The van der Waals surface area contributed by atoms with Crippen molar-refractivity contribution in [2.24, 2.45) is 5.73 Å². The summed E-state index contributed by atoms with van der Waals surface area (Å²) in [5.74, 6) is -0.562. The van der Waals surface area contributed by atoms with Crippen LogP contribution < -0.4 is 16.3 Å². The zero-order valence-corrected chi connectivity index (χ0v) is 20.1. The molecule has 3 heterocycles. The summed E-state index contributed by atoms with van der Waals surface area (Å²) in [5.41, 5.74) is 6.98. The number of benzene rings is 1. The quantitative estimate of drug-likeness (QED) is 0.355. The predicted octanol–water partition coefficient (Wildman–Crippen LogP) is -0.405. The maximum atomic E-state index is 13.3. The number of H-pyrrole nitrogens is 1. The van der Waals surface area contributed by atoms with E-state index in [1.165, 1.54) is 35.3 Å². The van der Waals surface area contributed by atoms with Crippen LogP contribution in [0, 0.1) is 6.92 Å². The molecule has 0 unspecified atom stereocenters. The number of Topliss-reactive ketones (excluding diaryl/α,β-unsaturated/α-hetero) is 1. The monoisotopic (exact) mass is 489 g/mol. The standard InChI is InChI=1S/C25H27N7O4/c1-4-19(36-3)20-18(14-27-21(20)23(26)32-15-28-16(2)29-32)22(33)25(35)31-12-10-30(11-13-31)24(34)17-8-6-5-7-9-17/h4-9,14-15,27H,1,10-13,26H2,2-3H3/b20-19+,23-21-. The second kappa shape index (κ2) is 10.3. The second-order valence-electron chi connectivity index (χ2n) is 8.13. The van der Waals surface area contributed by atoms with Gasteiger partial charge >= 0.3 is 0 Å². The molecule has 2 aromatic heterocycles. The number of hydrogen-bond donors (Lipinski definition) is 2. The van der Waals surface area contributed by atoms with Crippen LogP contribution in [0.25, 0.3) is 11.6 Å². The van der Waals surface area contributed by atoms with Gasteiger partial charge in [0.05, 0.1) is 23.2 Å². The summed E-state index contributed by atoms with van der Waals surface area (Å²) >= 11 is 0. The van der Waals surface area contributed by atoms with Gasteiger partial charge in [-0.1, -0.05) is 24.8 Å². The zero-order valence-electron chi connectivity index (χ0n) is 20.1. The van der Waals surface area contributed by atoms with E-state index in [0.717, 1.165) is 0 Å². The second-order valence-corrected chi connectivity index (χ2v) is 8.13. The fourth-order valence-electron chi connectivity index (χ4n) is 4.06. The molecule has 4 rings (SSSR count). The molecule has 2 amide bonds. The molecular weight excluding hydrogens is 462 g/mol. The van der Waals surface area contributed by atoms with Gasteiger partial charge in [-0.3, -0.25) is 14.4 Å². The van der Waals surface area contributed by atoms with Crippen LogP contribution in [-0.4, -0.2) is 80.4 Å². The highest BCUT2D eigenvalue weighted by molar-refractivity contribution is 6.42. The number of hydrogen-bond acceptors (Lipinski definition) is 7. The van der Waals surface area contributed by atoms with Crippen LogP contribution in [-0.2, 0) is 9.53 Å². The lowest BCUT2D eigenvalue weighted by molar-refractivity contribution is -0.127. The van der Waals surface area contributed by atoms with Crippen LogP contribution >= 0.6 is 0 Å². The van der Waals surface area contributed by atoms with Crippen molar-refractivity contribution >= 4 is 29.2 Å². The molecule has 11 nitrogen and oxygen atoms in total. The minimum absolute atomic E-state index is 0.0920. The van der Waals surface area contributed by atoms with Crippen molar-refractivity contribution in [2.45, 2.75) is 6.92 Å². The van der Waals surface area contributed by atoms with Crippen LogP contribution in [0.3, 0.4) is 0 Å². The maximum absolute atomic E-state index is 13.3. The van der Waals surface area contributed by atoms with Crippen LogP contribution in [0.15, 0.2) is 55.5 Å². The number of nitrogens with two attached hydrogens (primary N) is 1. The van der Waals surface area contributed by atoms with Crippen molar-refractivity contribution in [1.82, 2.24) is 29.5 Å². The molecule has 186 valence electrons. The average molecular weight is 490 g/mol. The highest BCUT2D eigenvalue weighted by Gasteiger charge is 2.30. The van der Waals surface area contributed by atoms with E-state index >= 15 is 0 Å². The number of aromatic amines is 1. The largest absolute Gasteiger partial charge is 0.496 e. The van der Waals surface area contributed by atoms with Crippen molar-refractivity contribution in [3.05, 3.63) is 83.0 Å². The number of nitrogens with zero attached hydrogens (tertiary/aromatic N) is 5. The van der Waals surface area contributed by atoms with Crippen LogP contribution in [0.2, 0.25) is 0 Å². The van der Waals surface area contributed by atoms with E-state index in [1.54, 1.807) is 36.1 Å². The Balaban J connectivity index is 1.60. The SMILES string of the molecule is C=C/C(OC)=c1/c(C(=O)C(=O)N2CCN(C(=O)c3ccccc3)CC2)c[nH]/c1=C(/N)n1cnc(C)n1. The summed E-state index contributed by atoms with van der Waals surface area (Å²) < 4.78 is 6.78. The molecule has 1 fully saturated rings. The van der Waals surface area contributed by atoms with Gasteiger partial charge in [-0.25, -0.2) is 9.67 Å². The molecule has 0 radical (unpaired) electrons. The first-order chi connectivity index (χ1) is 17.3. The van der Waals surface area contributed by atoms with Gasteiger partial charge in [0.15, 0.2) is 5.82 Å². The number of aryl methyl sites for hydroxylation is 1. The molecule has 1 saturated heterocycles. The van der Waals surface area contributed by atoms with E-state index in [0.29, 0.717) is 35.0 Å². The fourth-order valence-corrected chi connectivity index (χ4v) is 4.06. The molecule has 0 atom stereocenters. The summed E-state index contributed by atoms with van der Waals surface area (Å²) in [6, 6.07) is 8.95. The van der Waals surface area contributed by atoms with Crippen molar-refractivity contribution in [1.29, 1.82) is 0 Å². The maximum Gasteiger partial charge on any atom is 0.295 e. The van der Waals surface area contributed by atoms with E-state index in [-0.39, 0.29) is 36.1 Å². The Hall–Kier alpha value is -4.67. The average Bonchev–Trinajstić information content (AvgIpc) is 3.55. The molecule has 0 bridgehead atoms. The normalized spacial score (nSPS) is 15.3. The summed E-state index contributed by atoms with van der Waals surface area (Å²) in [7, 11) is 1.43. The molecule has 11 heteroatoms. The van der Waals surface area contributed by atoms with Crippen molar-refractivity contribution in [2.75, 3.05) is 33.3 Å². The lowest BCUT2D eigenvalue weighted by atomic mass is 10.1. The topological polar surface area (TPSA) is 139 Å². The van der Waals surface area contributed by atoms with Crippen LogP contribution in [0.4, 0.5) is 0 Å². The van der Waals surface area contributed by atoms with Gasteiger partial charge in [0, 0.05) is 37.9 Å². The molecular formula is C25H27N7O4. The van der Waals surface area contributed by atoms with Gasteiger partial charge in [-0.15, -0.1) is 0 Å². The van der Waals surface area contributed by atoms with Crippen molar-refractivity contribution in [3.8, 4) is 0 Å². The highest BCUT2D eigenvalue weighted by Crippen LogP contribution is 2.10. The first-order valence-corrected chi connectivity index (χ1v) is 11.3. The number of carbonyl (C=O) groups is 3. The first-order valence-electron chi connectivity index (χ1n) is 11.3.